The van der Waals surface area contributed by atoms with Crippen LogP contribution in [0, 0.1) is 0 Å². The van der Waals surface area contributed by atoms with Crippen molar-refractivity contribution in [2.75, 3.05) is 20.2 Å². The van der Waals surface area contributed by atoms with E-state index < -0.39 is 0 Å². The topological polar surface area (TPSA) is 29.5 Å². The first-order valence-corrected chi connectivity index (χ1v) is 7.11. The number of hydrogen-bond donors (Lipinski definition) is 0. The van der Waals surface area contributed by atoms with Crippen LogP contribution in [0.1, 0.15) is 45.1 Å². The van der Waals surface area contributed by atoms with Gasteiger partial charge in [-0.2, -0.15) is 0 Å². The van der Waals surface area contributed by atoms with Gasteiger partial charge in [-0.3, -0.25) is 4.79 Å². The Morgan fingerprint density at radius 2 is 1.84 bits per heavy atom. The van der Waals surface area contributed by atoms with Crippen LogP contribution >= 0.6 is 0 Å². The zero-order valence-corrected chi connectivity index (χ0v) is 12.5. The number of amides is 1. The van der Waals surface area contributed by atoms with Gasteiger partial charge >= 0.3 is 0 Å². The van der Waals surface area contributed by atoms with Gasteiger partial charge in [0.15, 0.2) is 0 Å². The third-order valence-electron chi connectivity index (χ3n) is 3.46. The lowest BCUT2D eigenvalue weighted by Gasteiger charge is -2.26. The van der Waals surface area contributed by atoms with Crippen LogP contribution in [0.5, 0.6) is 5.75 Å². The minimum Gasteiger partial charge on any atom is -0.496 e. The molecule has 0 heterocycles. The normalized spacial score (nSPS) is 12.0. The van der Waals surface area contributed by atoms with Gasteiger partial charge in [0.1, 0.15) is 5.75 Å². The Balaban J connectivity index is 3.09. The molecule has 0 aliphatic rings. The van der Waals surface area contributed by atoms with Crippen LogP contribution in [0.3, 0.4) is 0 Å². The zero-order valence-electron chi connectivity index (χ0n) is 12.5. The molecule has 1 amide bonds. The number of carbonyl (C=O) groups is 1. The smallest absolute Gasteiger partial charge is 0.230 e. The summed E-state index contributed by atoms with van der Waals surface area (Å²) in [5, 5.41) is 0. The Kier molecular flexibility index (Phi) is 6.40. The van der Waals surface area contributed by atoms with E-state index in [1.54, 1.807) is 7.11 Å². The summed E-state index contributed by atoms with van der Waals surface area (Å²) in [6.45, 7) is 7.66. The lowest BCUT2D eigenvalue weighted by atomic mass is 9.92. The largest absolute Gasteiger partial charge is 0.496 e. The molecule has 3 heteroatoms. The average Bonchev–Trinajstić information content (AvgIpc) is 2.46. The Hall–Kier alpha value is -1.51. The average molecular weight is 263 g/mol. The zero-order chi connectivity index (χ0) is 14.3. The maximum absolute atomic E-state index is 12.6. The first-order valence-electron chi connectivity index (χ1n) is 7.11. The molecular formula is C16H25NO2. The van der Waals surface area contributed by atoms with Crippen LogP contribution in [0.2, 0.25) is 0 Å². The van der Waals surface area contributed by atoms with Crippen molar-refractivity contribution in [1.82, 2.24) is 4.90 Å². The molecule has 3 nitrogen and oxygen atoms in total. The molecule has 1 atom stereocenters. The molecule has 0 N–H and O–H groups in total. The maximum atomic E-state index is 12.6. The molecule has 0 spiro atoms. The van der Waals surface area contributed by atoms with Gasteiger partial charge in [-0.05, 0) is 26.3 Å². The predicted octanol–water partition coefficient (Wildman–Crippen LogP) is 3.45. The van der Waals surface area contributed by atoms with Crippen molar-refractivity contribution in [3.8, 4) is 5.75 Å². The molecule has 0 saturated carbocycles. The molecule has 0 aliphatic heterocycles. The van der Waals surface area contributed by atoms with Crippen LogP contribution in [-0.2, 0) is 4.79 Å². The summed E-state index contributed by atoms with van der Waals surface area (Å²) < 4.78 is 5.40. The Morgan fingerprint density at radius 3 is 2.37 bits per heavy atom. The number of likely N-dealkylation sites (N-methyl/N-ethyl adjacent to an activating group) is 1. The molecule has 0 aromatic heterocycles. The minimum absolute atomic E-state index is 0.0963. The fourth-order valence-corrected chi connectivity index (χ4v) is 2.41. The van der Waals surface area contributed by atoms with Crippen LogP contribution in [0.25, 0.3) is 0 Å². The predicted molar refractivity (Wildman–Crippen MR) is 78.6 cm³/mol. The summed E-state index contributed by atoms with van der Waals surface area (Å²) in [6, 6.07) is 7.83. The van der Waals surface area contributed by atoms with E-state index in [0.717, 1.165) is 37.2 Å². The van der Waals surface area contributed by atoms with Crippen LogP contribution < -0.4 is 4.74 Å². The van der Waals surface area contributed by atoms with Crippen LogP contribution in [-0.4, -0.2) is 31.0 Å². The van der Waals surface area contributed by atoms with Gasteiger partial charge < -0.3 is 9.64 Å². The number of ether oxygens (including phenoxy) is 1. The summed E-state index contributed by atoms with van der Waals surface area (Å²) in [5.74, 6) is 0.916. The van der Waals surface area contributed by atoms with E-state index in [2.05, 4.69) is 6.92 Å². The van der Waals surface area contributed by atoms with Crippen molar-refractivity contribution in [2.24, 2.45) is 0 Å². The van der Waals surface area contributed by atoms with Crippen molar-refractivity contribution in [3.05, 3.63) is 29.8 Å². The first kappa shape index (κ1) is 15.5. The van der Waals surface area contributed by atoms with Crippen molar-refractivity contribution in [3.63, 3.8) is 0 Å². The second-order valence-corrected chi connectivity index (χ2v) is 4.59. The van der Waals surface area contributed by atoms with Gasteiger partial charge in [0.05, 0.1) is 13.0 Å². The Labute approximate surface area is 116 Å². The molecule has 0 radical (unpaired) electrons. The van der Waals surface area contributed by atoms with Gasteiger partial charge in [0.25, 0.3) is 0 Å². The molecule has 0 aliphatic carbocycles. The fraction of sp³-hybridized carbons (Fsp3) is 0.562. The number of nitrogens with zero attached hydrogens (tertiary/aromatic N) is 1. The number of para-hydroxylation sites is 1. The lowest BCUT2D eigenvalue weighted by Crippen LogP contribution is -2.35. The summed E-state index contributed by atoms with van der Waals surface area (Å²) in [7, 11) is 1.66. The molecule has 1 rings (SSSR count). The van der Waals surface area contributed by atoms with E-state index in [4.69, 9.17) is 4.74 Å². The molecule has 1 unspecified atom stereocenters. The van der Waals surface area contributed by atoms with E-state index in [1.165, 1.54) is 0 Å². The Morgan fingerprint density at radius 1 is 1.21 bits per heavy atom. The molecule has 0 fully saturated rings. The van der Waals surface area contributed by atoms with Crippen molar-refractivity contribution < 1.29 is 9.53 Å². The number of methoxy groups -OCH3 is 1. The van der Waals surface area contributed by atoms with E-state index in [9.17, 15) is 4.79 Å². The molecule has 19 heavy (non-hydrogen) atoms. The lowest BCUT2D eigenvalue weighted by molar-refractivity contribution is -0.132. The van der Waals surface area contributed by atoms with Crippen LogP contribution in [0.15, 0.2) is 24.3 Å². The highest BCUT2D eigenvalue weighted by Crippen LogP contribution is 2.31. The Bertz CT molecular complexity index is 399. The molecule has 1 aromatic rings. The standard InChI is InChI=1S/C16H25NO2/c1-5-10-14(16(18)17(6-2)7-3)13-11-8-9-12-15(13)19-4/h8-9,11-12,14H,5-7,10H2,1-4H3. The number of rotatable bonds is 7. The van der Waals surface area contributed by atoms with Crippen LogP contribution in [0.4, 0.5) is 0 Å². The van der Waals surface area contributed by atoms with Crippen molar-refractivity contribution in [1.29, 1.82) is 0 Å². The second kappa shape index (κ2) is 7.82. The van der Waals surface area contributed by atoms with E-state index in [0.29, 0.717) is 0 Å². The molecule has 0 bridgehead atoms. The summed E-state index contributed by atoms with van der Waals surface area (Å²) in [6.07, 6.45) is 1.84. The highest BCUT2D eigenvalue weighted by molar-refractivity contribution is 5.84. The van der Waals surface area contributed by atoms with Gasteiger partial charge in [-0.1, -0.05) is 31.5 Å². The number of carbonyl (C=O) groups excluding carboxylic acids is 1. The molecule has 1 aromatic carbocycles. The summed E-state index contributed by atoms with van der Waals surface area (Å²) in [4.78, 5) is 14.5. The molecule has 0 saturated heterocycles. The maximum Gasteiger partial charge on any atom is 0.230 e. The van der Waals surface area contributed by atoms with Gasteiger partial charge in [0, 0.05) is 18.7 Å². The summed E-state index contributed by atoms with van der Waals surface area (Å²) in [5.41, 5.74) is 1.00. The third kappa shape index (κ3) is 3.72. The number of hydrogen-bond acceptors (Lipinski definition) is 2. The highest BCUT2D eigenvalue weighted by atomic mass is 16.5. The SMILES string of the molecule is CCCC(C(=O)N(CC)CC)c1ccccc1OC. The van der Waals surface area contributed by atoms with E-state index in [-0.39, 0.29) is 11.8 Å². The van der Waals surface area contributed by atoms with Crippen molar-refractivity contribution >= 4 is 5.91 Å². The molecule has 106 valence electrons. The monoisotopic (exact) mass is 263 g/mol. The number of benzene rings is 1. The first-order chi connectivity index (χ1) is 9.19. The van der Waals surface area contributed by atoms with Gasteiger partial charge in [-0.15, -0.1) is 0 Å². The third-order valence-corrected chi connectivity index (χ3v) is 3.46. The van der Waals surface area contributed by atoms with E-state index in [1.807, 2.05) is 43.0 Å². The van der Waals surface area contributed by atoms with E-state index >= 15 is 0 Å². The van der Waals surface area contributed by atoms with Gasteiger partial charge in [-0.25, -0.2) is 0 Å². The quantitative estimate of drug-likeness (QED) is 0.754. The highest BCUT2D eigenvalue weighted by Gasteiger charge is 2.25. The fourth-order valence-electron chi connectivity index (χ4n) is 2.41. The minimum atomic E-state index is -0.0963. The van der Waals surface area contributed by atoms with Crippen molar-refractivity contribution in [2.45, 2.75) is 39.5 Å². The molecular weight excluding hydrogens is 238 g/mol. The summed E-state index contributed by atoms with van der Waals surface area (Å²) >= 11 is 0. The van der Waals surface area contributed by atoms with Gasteiger partial charge in [0.2, 0.25) is 5.91 Å². The second-order valence-electron chi connectivity index (χ2n) is 4.59.